The number of nitrogens with one attached hydrogen (secondary N) is 2. The quantitative estimate of drug-likeness (QED) is 0.0876. The van der Waals surface area contributed by atoms with Crippen LogP contribution in [-0.4, -0.2) is 30.2 Å². The lowest BCUT2D eigenvalue weighted by molar-refractivity contribution is -0.137. The van der Waals surface area contributed by atoms with Crippen LogP contribution in [0.25, 0.3) is 0 Å². The number of carbonyl (C=O) groups excluding carboxylic acids is 1. The Bertz CT molecular complexity index is 471. The molecular formula is C31H62N2O3. The van der Waals surface area contributed by atoms with Gasteiger partial charge in [-0.15, -0.1) is 0 Å². The number of hydrogen-bond acceptors (Lipinski definition) is 2. The van der Waals surface area contributed by atoms with Crippen LogP contribution in [0.3, 0.4) is 0 Å². The highest BCUT2D eigenvalue weighted by Gasteiger charge is 2.00. The standard InChI is InChI=1S/C31H62N2O3/c1-2-3-4-5-6-7-8-9-10-11-12-13-16-19-22-25-28-32-31(36)33-29-26-23-20-17-14-15-18-21-24-27-30(34)35/h2-29H2,1H3,(H,34,35)(H2,32,33,36). The molecule has 0 rings (SSSR count). The molecule has 214 valence electrons. The molecule has 0 bridgehead atoms. The summed E-state index contributed by atoms with van der Waals surface area (Å²) in [6.45, 7) is 3.84. The van der Waals surface area contributed by atoms with Gasteiger partial charge in [-0.1, -0.05) is 148 Å². The van der Waals surface area contributed by atoms with Crippen molar-refractivity contribution in [3.05, 3.63) is 0 Å². The van der Waals surface area contributed by atoms with Crippen LogP contribution >= 0.6 is 0 Å². The van der Waals surface area contributed by atoms with Crippen molar-refractivity contribution in [2.24, 2.45) is 0 Å². The summed E-state index contributed by atoms with van der Waals surface area (Å²) in [6, 6.07) is -0.0164. The molecule has 0 aliphatic carbocycles. The first-order chi connectivity index (χ1) is 17.7. The van der Waals surface area contributed by atoms with Crippen LogP contribution in [-0.2, 0) is 4.79 Å². The summed E-state index contributed by atoms with van der Waals surface area (Å²) in [7, 11) is 0. The van der Waals surface area contributed by atoms with Gasteiger partial charge in [0.15, 0.2) is 0 Å². The van der Waals surface area contributed by atoms with E-state index in [1.54, 1.807) is 0 Å². The lowest BCUT2D eigenvalue weighted by Gasteiger charge is -2.08. The third kappa shape index (κ3) is 30.8. The van der Waals surface area contributed by atoms with Gasteiger partial charge in [-0.2, -0.15) is 0 Å². The highest BCUT2D eigenvalue weighted by Crippen LogP contribution is 2.14. The molecule has 0 aromatic heterocycles. The van der Waals surface area contributed by atoms with Gasteiger partial charge in [-0.05, 0) is 19.3 Å². The second kappa shape index (κ2) is 30.0. The number of amides is 2. The molecular weight excluding hydrogens is 448 g/mol. The fourth-order valence-electron chi connectivity index (χ4n) is 4.78. The van der Waals surface area contributed by atoms with Crippen molar-refractivity contribution in [2.45, 2.75) is 174 Å². The Labute approximate surface area is 224 Å². The third-order valence-corrected chi connectivity index (χ3v) is 7.17. The fraction of sp³-hybridized carbons (Fsp3) is 0.935. The van der Waals surface area contributed by atoms with Gasteiger partial charge in [0, 0.05) is 19.5 Å². The maximum absolute atomic E-state index is 11.8. The van der Waals surface area contributed by atoms with Gasteiger partial charge in [-0.25, -0.2) is 4.79 Å². The highest BCUT2D eigenvalue weighted by atomic mass is 16.4. The summed E-state index contributed by atoms with van der Waals surface area (Å²) < 4.78 is 0. The zero-order valence-corrected chi connectivity index (χ0v) is 24.1. The number of hydrogen-bond donors (Lipinski definition) is 3. The first-order valence-corrected chi connectivity index (χ1v) is 15.9. The molecule has 0 radical (unpaired) electrons. The Morgan fingerprint density at radius 2 is 0.722 bits per heavy atom. The number of carboxylic acid groups (broad SMARTS) is 1. The van der Waals surface area contributed by atoms with E-state index < -0.39 is 5.97 Å². The lowest BCUT2D eigenvalue weighted by atomic mass is 10.0. The zero-order chi connectivity index (χ0) is 26.4. The molecule has 0 saturated heterocycles. The van der Waals surface area contributed by atoms with E-state index in [4.69, 9.17) is 5.11 Å². The molecule has 2 amide bonds. The number of aliphatic carboxylic acids is 1. The van der Waals surface area contributed by atoms with Gasteiger partial charge in [0.1, 0.15) is 0 Å². The first-order valence-electron chi connectivity index (χ1n) is 15.9. The average Bonchev–Trinajstić information content (AvgIpc) is 2.86. The van der Waals surface area contributed by atoms with E-state index in [1.165, 1.54) is 128 Å². The number of urea groups is 1. The average molecular weight is 511 g/mol. The van der Waals surface area contributed by atoms with Crippen molar-refractivity contribution in [3.63, 3.8) is 0 Å². The van der Waals surface area contributed by atoms with E-state index in [-0.39, 0.29) is 6.03 Å². The molecule has 36 heavy (non-hydrogen) atoms. The van der Waals surface area contributed by atoms with Crippen LogP contribution in [0.15, 0.2) is 0 Å². The molecule has 5 heteroatoms. The van der Waals surface area contributed by atoms with E-state index in [0.29, 0.717) is 6.42 Å². The fourth-order valence-corrected chi connectivity index (χ4v) is 4.78. The number of unbranched alkanes of at least 4 members (excludes halogenated alkanes) is 23. The Morgan fingerprint density at radius 3 is 1.03 bits per heavy atom. The number of rotatable bonds is 29. The second-order valence-electron chi connectivity index (χ2n) is 10.8. The molecule has 0 atom stereocenters. The van der Waals surface area contributed by atoms with E-state index >= 15 is 0 Å². The molecule has 0 aromatic rings. The van der Waals surface area contributed by atoms with Crippen molar-refractivity contribution in [1.82, 2.24) is 10.6 Å². The van der Waals surface area contributed by atoms with Crippen molar-refractivity contribution >= 4 is 12.0 Å². The summed E-state index contributed by atoms with van der Waals surface area (Å²) in [6.07, 6.45) is 32.3. The predicted octanol–water partition coefficient (Wildman–Crippen LogP) is 9.53. The maximum Gasteiger partial charge on any atom is 0.314 e. The van der Waals surface area contributed by atoms with E-state index in [9.17, 15) is 9.59 Å². The van der Waals surface area contributed by atoms with Crippen molar-refractivity contribution in [3.8, 4) is 0 Å². The summed E-state index contributed by atoms with van der Waals surface area (Å²) in [5.41, 5.74) is 0. The van der Waals surface area contributed by atoms with Crippen LogP contribution in [0.1, 0.15) is 174 Å². The second-order valence-corrected chi connectivity index (χ2v) is 10.8. The minimum Gasteiger partial charge on any atom is -0.481 e. The van der Waals surface area contributed by atoms with Gasteiger partial charge in [0.2, 0.25) is 0 Å². The van der Waals surface area contributed by atoms with Gasteiger partial charge < -0.3 is 15.7 Å². The third-order valence-electron chi connectivity index (χ3n) is 7.17. The Morgan fingerprint density at radius 1 is 0.444 bits per heavy atom. The van der Waals surface area contributed by atoms with Gasteiger partial charge >= 0.3 is 12.0 Å². The molecule has 0 aliphatic rings. The van der Waals surface area contributed by atoms with E-state index in [2.05, 4.69) is 17.6 Å². The molecule has 0 aliphatic heterocycles. The van der Waals surface area contributed by atoms with Crippen LogP contribution in [0.4, 0.5) is 4.79 Å². The van der Waals surface area contributed by atoms with E-state index in [1.807, 2.05) is 0 Å². The minimum absolute atomic E-state index is 0.0164. The number of carboxylic acids is 1. The molecule has 3 N–H and O–H groups in total. The highest BCUT2D eigenvalue weighted by molar-refractivity contribution is 5.73. The molecule has 5 nitrogen and oxygen atoms in total. The summed E-state index contributed by atoms with van der Waals surface area (Å²) in [5, 5.41) is 14.6. The Hall–Kier alpha value is -1.26. The van der Waals surface area contributed by atoms with Gasteiger partial charge in [0.05, 0.1) is 0 Å². The van der Waals surface area contributed by atoms with Crippen LogP contribution < -0.4 is 10.6 Å². The monoisotopic (exact) mass is 510 g/mol. The lowest BCUT2D eigenvalue weighted by Crippen LogP contribution is -2.36. The van der Waals surface area contributed by atoms with Gasteiger partial charge in [0.25, 0.3) is 0 Å². The molecule has 0 fully saturated rings. The first kappa shape index (κ1) is 34.7. The molecule has 0 unspecified atom stereocenters. The molecule has 0 spiro atoms. The van der Waals surface area contributed by atoms with Crippen LogP contribution in [0.2, 0.25) is 0 Å². The van der Waals surface area contributed by atoms with Crippen molar-refractivity contribution in [2.75, 3.05) is 13.1 Å². The minimum atomic E-state index is -0.683. The van der Waals surface area contributed by atoms with Gasteiger partial charge in [-0.3, -0.25) is 4.79 Å². The molecule has 0 saturated carbocycles. The number of carbonyl (C=O) groups is 2. The molecule has 0 aromatic carbocycles. The predicted molar refractivity (Wildman–Crippen MR) is 155 cm³/mol. The van der Waals surface area contributed by atoms with Crippen LogP contribution in [0, 0.1) is 0 Å². The SMILES string of the molecule is CCCCCCCCCCCCCCCCCCNC(=O)NCCCCCCCCCCCC(=O)O. The van der Waals surface area contributed by atoms with E-state index in [0.717, 1.165) is 45.2 Å². The summed E-state index contributed by atoms with van der Waals surface area (Å²) in [4.78, 5) is 22.3. The normalized spacial score (nSPS) is 11.0. The van der Waals surface area contributed by atoms with Crippen molar-refractivity contribution < 1.29 is 14.7 Å². The summed E-state index contributed by atoms with van der Waals surface area (Å²) >= 11 is 0. The largest absolute Gasteiger partial charge is 0.481 e. The molecule has 0 heterocycles. The smallest absolute Gasteiger partial charge is 0.314 e. The van der Waals surface area contributed by atoms with Crippen LogP contribution in [0.5, 0.6) is 0 Å². The Kier molecular flexibility index (Phi) is 28.9. The topological polar surface area (TPSA) is 78.4 Å². The zero-order valence-electron chi connectivity index (χ0n) is 24.1. The summed E-state index contributed by atoms with van der Waals surface area (Å²) in [5.74, 6) is -0.683. The Balaban J connectivity index is 3.15. The van der Waals surface area contributed by atoms with Crippen molar-refractivity contribution in [1.29, 1.82) is 0 Å². The maximum atomic E-state index is 11.8.